The minimum atomic E-state index is -4.14. The Labute approximate surface area is 282 Å². The summed E-state index contributed by atoms with van der Waals surface area (Å²) in [6.45, 7) is 10.8. The summed E-state index contributed by atoms with van der Waals surface area (Å²) in [5.41, 5.74) is 2.48. The van der Waals surface area contributed by atoms with Crippen LogP contribution >= 0.6 is 0 Å². The van der Waals surface area contributed by atoms with Gasteiger partial charge in [-0.1, -0.05) is 58.0 Å². The number of H-pyrrole nitrogens is 1. The fourth-order valence-corrected chi connectivity index (χ4v) is 7.92. The SMILES string of the molecule is CC(=NCC(C)C)c1c(O)[nH]c2ccc(S(=O)(=O)N(CC(C)C)C[C@@H](O)[C@H](Cc3ccccc3)NC(=O)O[C@H]3COC4OCCC43)cc12. The number of aromatic amines is 1. The van der Waals surface area contributed by atoms with Gasteiger partial charge in [0.25, 0.3) is 0 Å². The number of nitrogens with zero attached hydrogens (tertiary/aromatic N) is 2. The number of ether oxygens (including phenoxy) is 3. The third-order valence-electron chi connectivity index (χ3n) is 8.71. The summed E-state index contributed by atoms with van der Waals surface area (Å²) in [7, 11) is -4.14. The zero-order valence-corrected chi connectivity index (χ0v) is 29.1. The molecule has 1 amide bonds. The standard InChI is InChI=1S/C35H48N4O8S/c1-21(2)17-36-23(5)32-27-16-25(11-12-28(27)37-33(32)41)48(43,44)39(18-22(3)4)19-30(40)29(15-24-9-7-6-8-10-24)38-35(42)47-31-20-46-34-26(31)13-14-45-34/h6-12,16,21-22,26,29-31,34,37,40-41H,13-15,17-20H2,1-5H3,(H,38,42)/t26?,29-,30+,31-,34?/m0/s1. The second-order valence-electron chi connectivity index (χ2n) is 13.6. The van der Waals surface area contributed by atoms with Crippen LogP contribution in [0.1, 0.15) is 52.2 Å². The van der Waals surface area contributed by atoms with E-state index in [1.54, 1.807) is 13.0 Å². The first kappa shape index (κ1) is 35.8. The molecule has 48 heavy (non-hydrogen) atoms. The van der Waals surface area contributed by atoms with Crippen molar-refractivity contribution < 1.29 is 37.6 Å². The number of benzene rings is 2. The molecule has 0 radical (unpaired) electrons. The van der Waals surface area contributed by atoms with E-state index >= 15 is 0 Å². The van der Waals surface area contributed by atoms with Crippen LogP contribution in [0.25, 0.3) is 10.9 Å². The minimum Gasteiger partial charge on any atom is -0.494 e. The van der Waals surface area contributed by atoms with E-state index in [4.69, 9.17) is 14.2 Å². The van der Waals surface area contributed by atoms with E-state index in [9.17, 15) is 23.4 Å². The molecule has 2 aliphatic heterocycles. The van der Waals surface area contributed by atoms with E-state index in [1.807, 2.05) is 58.0 Å². The van der Waals surface area contributed by atoms with Gasteiger partial charge in [-0.15, -0.1) is 0 Å². The van der Waals surface area contributed by atoms with E-state index in [2.05, 4.69) is 15.3 Å². The molecule has 12 nitrogen and oxygen atoms in total. The Morgan fingerprint density at radius 2 is 1.85 bits per heavy atom. The van der Waals surface area contributed by atoms with Crippen molar-refractivity contribution in [1.29, 1.82) is 0 Å². The lowest BCUT2D eigenvalue weighted by Crippen LogP contribution is -2.51. The van der Waals surface area contributed by atoms with Crippen molar-refractivity contribution in [3.8, 4) is 5.88 Å². The van der Waals surface area contributed by atoms with Gasteiger partial charge in [0.1, 0.15) is 6.10 Å². The van der Waals surface area contributed by atoms with E-state index in [0.29, 0.717) is 41.2 Å². The molecule has 4 N–H and O–H groups in total. The Balaban J connectivity index is 1.40. The van der Waals surface area contributed by atoms with Gasteiger partial charge in [-0.05, 0) is 55.4 Å². The molecule has 2 unspecified atom stereocenters. The molecule has 5 atom stereocenters. The summed E-state index contributed by atoms with van der Waals surface area (Å²) >= 11 is 0. The minimum absolute atomic E-state index is 0.0151. The number of nitrogens with one attached hydrogen (secondary N) is 2. The maximum atomic E-state index is 14.3. The summed E-state index contributed by atoms with van der Waals surface area (Å²) in [4.78, 5) is 20.7. The Morgan fingerprint density at radius 3 is 2.56 bits per heavy atom. The number of rotatable bonds is 14. The van der Waals surface area contributed by atoms with Gasteiger partial charge in [0.2, 0.25) is 10.0 Å². The lowest BCUT2D eigenvalue weighted by molar-refractivity contribution is -0.0907. The zero-order valence-electron chi connectivity index (χ0n) is 28.3. The van der Waals surface area contributed by atoms with E-state index < -0.39 is 34.4 Å². The van der Waals surface area contributed by atoms with Crippen LogP contribution in [0, 0.1) is 17.8 Å². The van der Waals surface area contributed by atoms with Crippen LogP contribution in [0.4, 0.5) is 4.79 Å². The van der Waals surface area contributed by atoms with Gasteiger partial charge in [-0.2, -0.15) is 4.31 Å². The average molecular weight is 685 g/mol. The first-order chi connectivity index (χ1) is 22.8. The molecule has 5 rings (SSSR count). The molecule has 0 saturated carbocycles. The summed E-state index contributed by atoms with van der Waals surface area (Å²) in [5, 5.41) is 25.7. The molecule has 3 aromatic rings. The molecule has 3 heterocycles. The lowest BCUT2D eigenvalue weighted by Gasteiger charge is -2.31. The van der Waals surface area contributed by atoms with Crippen LogP contribution in [0.3, 0.4) is 0 Å². The largest absolute Gasteiger partial charge is 0.494 e. The predicted molar refractivity (Wildman–Crippen MR) is 183 cm³/mol. The zero-order chi connectivity index (χ0) is 34.6. The Kier molecular flexibility index (Phi) is 11.5. The molecule has 2 saturated heterocycles. The van der Waals surface area contributed by atoms with E-state index in [1.165, 1.54) is 16.4 Å². The van der Waals surface area contributed by atoms with Gasteiger partial charge in [-0.3, -0.25) is 4.99 Å². The fourth-order valence-electron chi connectivity index (χ4n) is 6.27. The highest BCUT2D eigenvalue weighted by Crippen LogP contribution is 2.33. The number of aliphatic imine (C=N–C) groups is 1. The highest BCUT2D eigenvalue weighted by Gasteiger charge is 2.44. The fraction of sp³-hybridized carbons (Fsp3) is 0.543. The van der Waals surface area contributed by atoms with Gasteiger partial charge in [0.05, 0.1) is 41.7 Å². The Hall–Kier alpha value is -3.49. The highest BCUT2D eigenvalue weighted by atomic mass is 32.2. The van der Waals surface area contributed by atoms with Crippen LogP contribution in [0.2, 0.25) is 0 Å². The summed E-state index contributed by atoms with van der Waals surface area (Å²) in [6, 6.07) is 13.1. The predicted octanol–water partition coefficient (Wildman–Crippen LogP) is 4.45. The van der Waals surface area contributed by atoms with Crippen molar-refractivity contribution >= 4 is 32.7 Å². The molecule has 1 aromatic heterocycles. The van der Waals surface area contributed by atoms with Gasteiger partial charge in [0.15, 0.2) is 12.2 Å². The maximum absolute atomic E-state index is 14.3. The molecule has 0 aliphatic carbocycles. The number of alkyl carbamates (subject to hydrolysis) is 1. The molecule has 0 bridgehead atoms. The van der Waals surface area contributed by atoms with Crippen LogP contribution < -0.4 is 5.32 Å². The number of fused-ring (bicyclic) bond motifs is 2. The third kappa shape index (κ3) is 8.38. The van der Waals surface area contributed by atoms with Gasteiger partial charge < -0.3 is 34.7 Å². The van der Waals surface area contributed by atoms with E-state index in [0.717, 1.165) is 12.0 Å². The molecule has 2 aliphatic rings. The summed E-state index contributed by atoms with van der Waals surface area (Å²) < 4.78 is 46.6. The quantitative estimate of drug-likeness (QED) is 0.181. The molecule has 2 aromatic carbocycles. The normalized spacial score (nSPS) is 21.3. The smallest absolute Gasteiger partial charge is 0.407 e. The molecular weight excluding hydrogens is 636 g/mol. The van der Waals surface area contributed by atoms with Crippen LogP contribution in [-0.4, -0.2) is 97.1 Å². The van der Waals surface area contributed by atoms with Crippen LogP contribution in [-0.2, 0) is 30.7 Å². The number of carbonyl (C=O) groups excluding carboxylic acids is 1. The van der Waals surface area contributed by atoms with Crippen molar-refractivity contribution in [1.82, 2.24) is 14.6 Å². The number of aliphatic hydroxyl groups is 1. The topological polar surface area (TPSA) is 163 Å². The average Bonchev–Trinajstić information content (AvgIpc) is 3.74. The van der Waals surface area contributed by atoms with Crippen LogP contribution in [0.5, 0.6) is 5.88 Å². The van der Waals surface area contributed by atoms with Crippen molar-refractivity contribution in [3.05, 3.63) is 59.7 Å². The number of amides is 1. The molecule has 13 heteroatoms. The number of hydrogen-bond donors (Lipinski definition) is 4. The number of sulfonamides is 1. The van der Waals surface area contributed by atoms with Gasteiger partial charge >= 0.3 is 6.09 Å². The van der Waals surface area contributed by atoms with Crippen molar-refractivity contribution in [2.45, 2.75) is 76.9 Å². The number of hydrogen-bond acceptors (Lipinski definition) is 9. The van der Waals surface area contributed by atoms with Crippen LogP contribution in [0.15, 0.2) is 58.4 Å². The second-order valence-corrected chi connectivity index (χ2v) is 15.5. The van der Waals surface area contributed by atoms with Crippen molar-refractivity contribution in [2.75, 3.05) is 32.8 Å². The number of aromatic hydroxyl groups is 1. The number of aromatic nitrogens is 1. The first-order valence-electron chi connectivity index (χ1n) is 16.6. The molecule has 262 valence electrons. The highest BCUT2D eigenvalue weighted by molar-refractivity contribution is 7.89. The van der Waals surface area contributed by atoms with Gasteiger partial charge in [0, 0.05) is 36.2 Å². The van der Waals surface area contributed by atoms with Crippen molar-refractivity contribution in [3.63, 3.8) is 0 Å². The van der Waals surface area contributed by atoms with Gasteiger partial charge in [-0.25, -0.2) is 13.2 Å². The molecule has 0 spiro atoms. The number of aliphatic hydroxyl groups excluding tert-OH is 1. The molecular formula is C35H48N4O8S. The summed E-state index contributed by atoms with van der Waals surface area (Å²) in [5.74, 6) is 0.112. The first-order valence-corrected chi connectivity index (χ1v) is 18.1. The second kappa shape index (κ2) is 15.4. The third-order valence-corrected chi connectivity index (χ3v) is 10.5. The number of carbonyl (C=O) groups is 1. The maximum Gasteiger partial charge on any atom is 0.407 e. The Morgan fingerprint density at radius 1 is 1.10 bits per heavy atom. The Bertz CT molecular complexity index is 1690. The summed E-state index contributed by atoms with van der Waals surface area (Å²) in [6.07, 6.45) is -1.89. The monoisotopic (exact) mass is 684 g/mol. The molecule has 2 fully saturated rings. The van der Waals surface area contributed by atoms with Crippen molar-refractivity contribution in [2.24, 2.45) is 22.7 Å². The van der Waals surface area contributed by atoms with E-state index in [-0.39, 0.29) is 55.0 Å². The lowest BCUT2D eigenvalue weighted by atomic mass is 10.0.